The van der Waals surface area contributed by atoms with Crippen molar-refractivity contribution in [2.75, 3.05) is 32.1 Å². The highest BCUT2D eigenvalue weighted by molar-refractivity contribution is 9.10. The standard InChI is InChI=1S/C16H18BrN3O2S/c1-10-14(15(18-2)23-19-10)16(21)20-7-8-22-13(9-20)11-3-5-12(17)6-4-11/h3-6,13,18H,7-9H2,1-2H3. The van der Waals surface area contributed by atoms with Crippen molar-refractivity contribution < 1.29 is 9.53 Å². The highest BCUT2D eigenvalue weighted by Gasteiger charge is 2.29. The van der Waals surface area contributed by atoms with Crippen molar-refractivity contribution in [2.45, 2.75) is 13.0 Å². The van der Waals surface area contributed by atoms with Crippen molar-refractivity contribution in [3.8, 4) is 0 Å². The Hall–Kier alpha value is -1.44. The lowest BCUT2D eigenvalue weighted by Crippen LogP contribution is -2.42. The number of hydrogen-bond donors (Lipinski definition) is 1. The van der Waals surface area contributed by atoms with Crippen LogP contribution in [0.4, 0.5) is 5.00 Å². The van der Waals surface area contributed by atoms with E-state index in [-0.39, 0.29) is 12.0 Å². The van der Waals surface area contributed by atoms with E-state index in [4.69, 9.17) is 4.74 Å². The first kappa shape index (κ1) is 16.4. The van der Waals surface area contributed by atoms with Crippen LogP contribution in [0.3, 0.4) is 0 Å². The first-order valence-electron chi connectivity index (χ1n) is 7.40. The van der Waals surface area contributed by atoms with Crippen LogP contribution in [-0.4, -0.2) is 41.9 Å². The molecule has 23 heavy (non-hydrogen) atoms. The van der Waals surface area contributed by atoms with E-state index in [0.29, 0.717) is 25.3 Å². The zero-order valence-corrected chi connectivity index (χ0v) is 15.4. The summed E-state index contributed by atoms with van der Waals surface area (Å²) in [6.07, 6.45) is -0.0919. The summed E-state index contributed by atoms with van der Waals surface area (Å²) in [5, 5.41) is 3.88. The van der Waals surface area contributed by atoms with Crippen LogP contribution in [0, 0.1) is 6.92 Å². The van der Waals surface area contributed by atoms with Crippen molar-refractivity contribution in [1.82, 2.24) is 9.27 Å². The number of carbonyl (C=O) groups is 1. The van der Waals surface area contributed by atoms with Crippen LogP contribution in [0.15, 0.2) is 28.7 Å². The number of morpholine rings is 1. The average Bonchev–Trinajstić information content (AvgIpc) is 2.95. The fraction of sp³-hybridized carbons (Fsp3) is 0.375. The largest absolute Gasteiger partial charge is 0.378 e. The molecule has 1 aliphatic heterocycles. The number of benzene rings is 1. The van der Waals surface area contributed by atoms with Crippen molar-refractivity contribution in [1.29, 1.82) is 0 Å². The van der Waals surface area contributed by atoms with Gasteiger partial charge in [-0.25, -0.2) is 0 Å². The van der Waals surface area contributed by atoms with Gasteiger partial charge in [-0.1, -0.05) is 28.1 Å². The topological polar surface area (TPSA) is 54.5 Å². The molecule has 2 aromatic rings. The van der Waals surface area contributed by atoms with Gasteiger partial charge in [-0.3, -0.25) is 4.79 Å². The van der Waals surface area contributed by atoms with Gasteiger partial charge in [0.25, 0.3) is 5.91 Å². The molecule has 2 heterocycles. The number of anilines is 1. The van der Waals surface area contributed by atoms with Gasteiger partial charge < -0.3 is 15.0 Å². The number of carbonyl (C=O) groups excluding carboxylic acids is 1. The number of hydrogen-bond acceptors (Lipinski definition) is 5. The minimum atomic E-state index is -0.0919. The fourth-order valence-corrected chi connectivity index (χ4v) is 3.66. The van der Waals surface area contributed by atoms with Crippen molar-refractivity contribution in [3.05, 3.63) is 45.6 Å². The second-order valence-corrected chi connectivity index (χ2v) is 7.07. The Morgan fingerprint density at radius 3 is 2.87 bits per heavy atom. The molecular weight excluding hydrogens is 378 g/mol. The van der Waals surface area contributed by atoms with Crippen LogP contribution in [0.5, 0.6) is 0 Å². The van der Waals surface area contributed by atoms with Gasteiger partial charge in [0, 0.05) is 18.1 Å². The quantitative estimate of drug-likeness (QED) is 0.864. The molecule has 1 aliphatic rings. The maximum atomic E-state index is 12.9. The molecule has 1 amide bonds. The molecule has 1 aromatic carbocycles. The number of nitrogens with one attached hydrogen (secondary N) is 1. The third-order valence-corrected chi connectivity index (χ3v) is 5.38. The Bertz CT molecular complexity index is 702. The molecule has 7 heteroatoms. The van der Waals surface area contributed by atoms with Crippen LogP contribution in [0.25, 0.3) is 0 Å². The molecule has 0 spiro atoms. The summed E-state index contributed by atoms with van der Waals surface area (Å²) in [4.78, 5) is 14.7. The smallest absolute Gasteiger partial charge is 0.258 e. The van der Waals surface area contributed by atoms with E-state index in [1.807, 2.05) is 43.1 Å². The maximum Gasteiger partial charge on any atom is 0.258 e. The third kappa shape index (κ3) is 3.41. The molecule has 0 bridgehead atoms. The molecule has 122 valence electrons. The van der Waals surface area contributed by atoms with Crippen LogP contribution in [0.2, 0.25) is 0 Å². The Morgan fingerprint density at radius 2 is 2.17 bits per heavy atom. The van der Waals surface area contributed by atoms with Gasteiger partial charge in [0.05, 0.1) is 24.4 Å². The minimum absolute atomic E-state index is 0.0195. The monoisotopic (exact) mass is 395 g/mol. The summed E-state index contributed by atoms with van der Waals surface area (Å²) in [5.74, 6) is 0.0195. The van der Waals surface area contributed by atoms with Crippen molar-refractivity contribution in [3.63, 3.8) is 0 Å². The number of nitrogens with zero attached hydrogens (tertiary/aromatic N) is 2. The molecule has 1 saturated heterocycles. The van der Waals surface area contributed by atoms with E-state index in [0.717, 1.165) is 20.7 Å². The lowest BCUT2D eigenvalue weighted by atomic mass is 10.1. The van der Waals surface area contributed by atoms with E-state index in [9.17, 15) is 4.79 Å². The summed E-state index contributed by atoms with van der Waals surface area (Å²) < 4.78 is 11.2. The second kappa shape index (κ2) is 6.98. The van der Waals surface area contributed by atoms with Gasteiger partial charge in [0.15, 0.2) is 0 Å². The predicted octanol–water partition coefficient (Wildman–Crippen LogP) is 3.47. The molecule has 0 radical (unpaired) electrons. The van der Waals surface area contributed by atoms with Crippen LogP contribution < -0.4 is 5.32 Å². The Labute approximate surface area is 147 Å². The van der Waals surface area contributed by atoms with Gasteiger partial charge in [-0.05, 0) is 36.2 Å². The zero-order chi connectivity index (χ0) is 16.4. The average molecular weight is 396 g/mol. The second-order valence-electron chi connectivity index (χ2n) is 5.38. The van der Waals surface area contributed by atoms with Gasteiger partial charge in [0.2, 0.25) is 0 Å². The van der Waals surface area contributed by atoms with Crippen LogP contribution in [0.1, 0.15) is 27.7 Å². The lowest BCUT2D eigenvalue weighted by Gasteiger charge is -2.33. The van der Waals surface area contributed by atoms with E-state index >= 15 is 0 Å². The fourth-order valence-electron chi connectivity index (χ4n) is 2.66. The number of aromatic nitrogens is 1. The van der Waals surface area contributed by atoms with Gasteiger partial charge in [0.1, 0.15) is 11.1 Å². The number of aryl methyl sites for hydroxylation is 1. The Balaban J connectivity index is 1.79. The minimum Gasteiger partial charge on any atom is -0.378 e. The third-order valence-electron chi connectivity index (χ3n) is 3.90. The van der Waals surface area contributed by atoms with Crippen molar-refractivity contribution >= 4 is 38.4 Å². The first-order chi connectivity index (χ1) is 11.1. The molecule has 0 aliphatic carbocycles. The Morgan fingerprint density at radius 1 is 1.43 bits per heavy atom. The number of rotatable bonds is 3. The Kier molecular flexibility index (Phi) is 4.99. The zero-order valence-electron chi connectivity index (χ0n) is 13.0. The van der Waals surface area contributed by atoms with Crippen LogP contribution >= 0.6 is 27.5 Å². The van der Waals surface area contributed by atoms with Gasteiger partial charge >= 0.3 is 0 Å². The molecule has 0 saturated carbocycles. The summed E-state index contributed by atoms with van der Waals surface area (Å²) in [5.41, 5.74) is 2.53. The van der Waals surface area contributed by atoms with Gasteiger partial charge in [-0.15, -0.1) is 0 Å². The lowest BCUT2D eigenvalue weighted by molar-refractivity contribution is -0.0228. The summed E-state index contributed by atoms with van der Waals surface area (Å²) in [7, 11) is 1.81. The van der Waals surface area contributed by atoms with E-state index < -0.39 is 0 Å². The molecular formula is C16H18BrN3O2S. The van der Waals surface area contributed by atoms with Gasteiger partial charge in [-0.2, -0.15) is 4.37 Å². The molecule has 1 aromatic heterocycles. The number of halogens is 1. The molecule has 1 N–H and O–H groups in total. The van der Waals surface area contributed by atoms with Crippen molar-refractivity contribution in [2.24, 2.45) is 0 Å². The van der Waals surface area contributed by atoms with E-state index in [1.165, 1.54) is 11.5 Å². The molecule has 1 fully saturated rings. The summed E-state index contributed by atoms with van der Waals surface area (Å²) >= 11 is 4.76. The van der Waals surface area contributed by atoms with E-state index in [2.05, 4.69) is 25.6 Å². The molecule has 1 atom stereocenters. The maximum absolute atomic E-state index is 12.9. The molecule has 1 unspecified atom stereocenters. The first-order valence-corrected chi connectivity index (χ1v) is 8.97. The SMILES string of the molecule is CNc1snc(C)c1C(=O)N1CCOC(c2ccc(Br)cc2)C1. The molecule has 5 nitrogen and oxygen atoms in total. The highest BCUT2D eigenvalue weighted by atomic mass is 79.9. The molecule has 3 rings (SSSR count). The summed E-state index contributed by atoms with van der Waals surface area (Å²) in [6, 6.07) is 8.04. The van der Waals surface area contributed by atoms with Crippen LogP contribution in [-0.2, 0) is 4.74 Å². The predicted molar refractivity (Wildman–Crippen MR) is 95.1 cm³/mol. The number of ether oxygens (including phenoxy) is 1. The van der Waals surface area contributed by atoms with E-state index in [1.54, 1.807) is 0 Å². The highest BCUT2D eigenvalue weighted by Crippen LogP contribution is 2.29. The summed E-state index contributed by atoms with van der Waals surface area (Å²) in [6.45, 7) is 3.57. The number of amides is 1. The normalized spacial score (nSPS) is 18.0.